The highest BCUT2D eigenvalue weighted by atomic mass is 35.5. The summed E-state index contributed by atoms with van der Waals surface area (Å²) in [5, 5.41) is 0.537. The van der Waals surface area contributed by atoms with E-state index in [9.17, 15) is 9.59 Å². The first-order valence-electron chi connectivity index (χ1n) is 11.8. The molecular formula is C31H20ClNO5. The molecule has 0 amide bonds. The Kier molecular flexibility index (Phi) is 5.94. The Morgan fingerprint density at radius 2 is 1.55 bits per heavy atom. The van der Waals surface area contributed by atoms with Crippen LogP contribution in [0.4, 0.5) is 17.1 Å². The van der Waals surface area contributed by atoms with Crippen molar-refractivity contribution in [1.29, 1.82) is 0 Å². The zero-order valence-corrected chi connectivity index (χ0v) is 20.9. The molecule has 38 heavy (non-hydrogen) atoms. The van der Waals surface area contributed by atoms with Gasteiger partial charge in [-0.15, -0.1) is 0 Å². The Balaban J connectivity index is 1.49. The molecule has 4 aromatic carbocycles. The maximum absolute atomic E-state index is 13.0. The largest absolute Gasteiger partial charge is 0.495 e. The second kappa shape index (κ2) is 9.57. The Morgan fingerprint density at radius 3 is 2.29 bits per heavy atom. The molecule has 0 spiro atoms. The van der Waals surface area contributed by atoms with E-state index >= 15 is 0 Å². The fourth-order valence-corrected chi connectivity index (χ4v) is 4.81. The highest BCUT2D eigenvalue weighted by molar-refractivity contribution is 6.30. The number of benzene rings is 4. The molecule has 6 nitrogen and oxygen atoms in total. The molecule has 0 saturated carbocycles. The predicted molar refractivity (Wildman–Crippen MR) is 146 cm³/mol. The van der Waals surface area contributed by atoms with Crippen LogP contribution in [0, 0.1) is 0 Å². The summed E-state index contributed by atoms with van der Waals surface area (Å²) in [5.41, 5.74) is 3.94. The summed E-state index contributed by atoms with van der Waals surface area (Å²) in [6.45, 7) is 0. The van der Waals surface area contributed by atoms with Crippen molar-refractivity contribution < 1.29 is 23.8 Å². The standard InChI is InChI=1S/C31H20ClNO5/c1-36-30(19-11-14-21(32)15-12-19)28-23(18-34)29(38-31(28)35)20-13-16-25-27(17-20)37-26-10-6-5-9-24(26)33(25)22-7-3-2-4-8-22/h2-18H,1H3/b30-28+. The van der Waals surface area contributed by atoms with Gasteiger partial charge in [-0.3, -0.25) is 4.79 Å². The average molecular weight is 522 g/mol. The number of hydrogen-bond donors (Lipinski definition) is 0. The minimum Gasteiger partial charge on any atom is -0.495 e. The van der Waals surface area contributed by atoms with Crippen molar-refractivity contribution in [1.82, 2.24) is 0 Å². The lowest BCUT2D eigenvalue weighted by molar-refractivity contribution is -0.131. The average Bonchev–Trinajstić information content (AvgIpc) is 3.29. The van der Waals surface area contributed by atoms with Crippen molar-refractivity contribution in [3.05, 3.63) is 124 Å². The van der Waals surface area contributed by atoms with E-state index in [-0.39, 0.29) is 22.7 Å². The van der Waals surface area contributed by atoms with E-state index in [4.69, 9.17) is 25.8 Å². The molecule has 6 rings (SSSR count). The van der Waals surface area contributed by atoms with Crippen LogP contribution in [-0.2, 0) is 19.1 Å². The third kappa shape index (κ3) is 3.92. The molecular weight excluding hydrogens is 502 g/mol. The summed E-state index contributed by atoms with van der Waals surface area (Å²) >= 11 is 6.02. The number of halogens is 1. The summed E-state index contributed by atoms with van der Waals surface area (Å²) in [5.74, 6) is 0.922. The van der Waals surface area contributed by atoms with Gasteiger partial charge in [-0.2, -0.15) is 0 Å². The van der Waals surface area contributed by atoms with Crippen molar-refractivity contribution >= 4 is 52.4 Å². The monoisotopic (exact) mass is 521 g/mol. The molecule has 0 atom stereocenters. The quantitative estimate of drug-likeness (QED) is 0.104. The van der Waals surface area contributed by atoms with Gasteiger partial charge in [-0.1, -0.05) is 41.9 Å². The third-order valence-electron chi connectivity index (χ3n) is 6.37. The number of esters is 1. The van der Waals surface area contributed by atoms with E-state index in [2.05, 4.69) is 4.90 Å². The van der Waals surface area contributed by atoms with E-state index in [1.165, 1.54) is 7.11 Å². The lowest BCUT2D eigenvalue weighted by atomic mass is 9.99. The molecule has 0 fully saturated rings. The van der Waals surface area contributed by atoms with Gasteiger partial charge >= 0.3 is 5.97 Å². The van der Waals surface area contributed by atoms with Crippen molar-refractivity contribution in [2.24, 2.45) is 0 Å². The predicted octanol–water partition coefficient (Wildman–Crippen LogP) is 7.44. The minimum absolute atomic E-state index is 0.0507. The number of carbonyl (C=O) groups excluding carboxylic acids is 2. The fraction of sp³-hybridized carbons (Fsp3) is 0.0323. The number of hydrogen-bond acceptors (Lipinski definition) is 6. The van der Waals surface area contributed by atoms with E-state index in [0.29, 0.717) is 33.9 Å². The number of rotatable bonds is 5. The maximum atomic E-state index is 13.0. The van der Waals surface area contributed by atoms with Crippen molar-refractivity contribution in [2.75, 3.05) is 12.0 Å². The molecule has 7 heteroatoms. The van der Waals surface area contributed by atoms with Crippen LogP contribution in [0.3, 0.4) is 0 Å². The number of aldehydes is 1. The molecule has 2 aliphatic heterocycles. The Morgan fingerprint density at radius 1 is 0.842 bits per heavy atom. The summed E-state index contributed by atoms with van der Waals surface area (Å²) in [6.07, 6.45) is 0.608. The molecule has 186 valence electrons. The molecule has 0 aromatic heterocycles. The first-order valence-corrected chi connectivity index (χ1v) is 12.2. The Hall–Kier alpha value is -4.81. The Labute approximate surface area is 223 Å². The van der Waals surface area contributed by atoms with Crippen LogP contribution < -0.4 is 9.64 Å². The molecule has 0 aliphatic carbocycles. The molecule has 2 aliphatic rings. The topological polar surface area (TPSA) is 65.1 Å². The van der Waals surface area contributed by atoms with E-state index < -0.39 is 5.97 Å². The summed E-state index contributed by atoms with van der Waals surface area (Å²) in [4.78, 5) is 27.4. The first-order chi connectivity index (χ1) is 18.6. The van der Waals surface area contributed by atoms with Crippen LogP contribution in [0.5, 0.6) is 11.5 Å². The van der Waals surface area contributed by atoms with Crippen LogP contribution in [0.1, 0.15) is 11.1 Å². The van der Waals surface area contributed by atoms with Crippen LogP contribution in [0.15, 0.2) is 108 Å². The molecule has 0 N–H and O–H groups in total. The molecule has 0 saturated heterocycles. The fourth-order valence-electron chi connectivity index (χ4n) is 4.68. The SMILES string of the molecule is CO/C(=C1/C(=O)OC(c2ccc3c(c2)Oc2ccccc2N3c2ccccc2)=C1C=O)c1ccc(Cl)cc1. The van der Waals surface area contributed by atoms with Gasteiger partial charge in [0, 0.05) is 21.8 Å². The lowest BCUT2D eigenvalue weighted by Gasteiger charge is -2.33. The number of nitrogens with zero attached hydrogens (tertiary/aromatic N) is 1. The van der Waals surface area contributed by atoms with Gasteiger partial charge in [-0.05, 0) is 66.7 Å². The van der Waals surface area contributed by atoms with Crippen molar-refractivity contribution in [3.63, 3.8) is 0 Å². The van der Waals surface area contributed by atoms with Crippen LogP contribution >= 0.6 is 11.6 Å². The number of carbonyl (C=O) groups is 2. The summed E-state index contributed by atoms with van der Waals surface area (Å²) in [7, 11) is 1.44. The summed E-state index contributed by atoms with van der Waals surface area (Å²) in [6, 6.07) is 29.9. The van der Waals surface area contributed by atoms with E-state index in [1.54, 1.807) is 36.4 Å². The van der Waals surface area contributed by atoms with Crippen LogP contribution in [0.25, 0.3) is 11.5 Å². The number of ether oxygens (including phenoxy) is 3. The third-order valence-corrected chi connectivity index (χ3v) is 6.62. The molecule has 0 unspecified atom stereocenters. The second-order valence-electron chi connectivity index (χ2n) is 8.59. The van der Waals surface area contributed by atoms with Crippen LogP contribution in [0.2, 0.25) is 5.02 Å². The van der Waals surface area contributed by atoms with Gasteiger partial charge in [0.05, 0.1) is 24.1 Å². The Bertz CT molecular complexity index is 1640. The zero-order chi connectivity index (χ0) is 26.2. The molecule has 0 bridgehead atoms. The van der Waals surface area contributed by atoms with Gasteiger partial charge in [0.1, 0.15) is 17.1 Å². The highest BCUT2D eigenvalue weighted by Gasteiger charge is 2.36. The van der Waals surface area contributed by atoms with Crippen molar-refractivity contribution in [3.8, 4) is 11.5 Å². The van der Waals surface area contributed by atoms with Crippen molar-refractivity contribution in [2.45, 2.75) is 0 Å². The van der Waals surface area contributed by atoms with E-state index in [0.717, 1.165) is 17.1 Å². The van der Waals surface area contributed by atoms with Gasteiger partial charge in [0.2, 0.25) is 0 Å². The molecule has 0 radical (unpaired) electrons. The zero-order valence-electron chi connectivity index (χ0n) is 20.2. The number of methoxy groups -OCH3 is 1. The van der Waals surface area contributed by atoms with Gasteiger partial charge in [0.25, 0.3) is 0 Å². The smallest absolute Gasteiger partial charge is 0.348 e. The van der Waals surface area contributed by atoms with Gasteiger partial charge in [-0.25, -0.2) is 4.79 Å². The molecule has 4 aromatic rings. The van der Waals surface area contributed by atoms with Gasteiger partial charge < -0.3 is 19.1 Å². The number of fused-ring (bicyclic) bond motifs is 2. The number of para-hydroxylation sites is 3. The van der Waals surface area contributed by atoms with Gasteiger partial charge in [0.15, 0.2) is 17.8 Å². The number of cyclic esters (lactones) is 1. The molecule has 2 heterocycles. The summed E-state index contributed by atoms with van der Waals surface area (Å²) < 4.78 is 17.4. The second-order valence-corrected chi connectivity index (χ2v) is 9.02. The maximum Gasteiger partial charge on any atom is 0.348 e. The minimum atomic E-state index is -0.677. The first kappa shape index (κ1) is 23.6. The normalized spacial score (nSPS) is 15.3. The number of anilines is 3. The van der Waals surface area contributed by atoms with Crippen LogP contribution in [-0.4, -0.2) is 19.4 Å². The van der Waals surface area contributed by atoms with E-state index in [1.807, 2.05) is 60.7 Å². The highest BCUT2D eigenvalue weighted by Crippen LogP contribution is 2.51. The lowest BCUT2D eigenvalue weighted by Crippen LogP contribution is -2.15.